The van der Waals surface area contributed by atoms with Crippen LogP contribution in [0.1, 0.15) is 136 Å². The molecule has 160 valence electrons. The van der Waals surface area contributed by atoms with Crippen molar-refractivity contribution in [1.82, 2.24) is 0 Å². The fraction of sp³-hybridized carbons (Fsp3) is 1.00. The predicted molar refractivity (Wildman–Crippen MR) is 130 cm³/mol. The maximum absolute atomic E-state index is 2.33. The van der Waals surface area contributed by atoms with Gasteiger partial charge in [0.25, 0.3) is 0 Å². The van der Waals surface area contributed by atoms with Crippen molar-refractivity contribution in [2.24, 2.45) is 0 Å². The van der Waals surface area contributed by atoms with Crippen LogP contribution < -0.4 is 0 Å². The number of unbranched alkanes of at least 4 members (excludes halogenated alkanes) is 15. The second kappa shape index (κ2) is 20.9. The molecule has 0 aliphatic carbocycles. The van der Waals surface area contributed by atoms with Crippen LogP contribution in [-0.4, -0.2) is 40.2 Å². The van der Waals surface area contributed by atoms with E-state index in [1.54, 1.807) is 37.7 Å². The zero-order chi connectivity index (χ0) is 19.3. The van der Waals surface area contributed by atoms with Crippen LogP contribution in [0.2, 0.25) is 0 Å². The zero-order valence-electron chi connectivity index (χ0n) is 18.8. The van der Waals surface area contributed by atoms with Gasteiger partial charge in [0.2, 0.25) is 0 Å². The van der Waals surface area contributed by atoms with Crippen molar-refractivity contribution in [3.8, 4) is 0 Å². The first kappa shape index (κ1) is 27.2. The second-order valence-electron chi connectivity index (χ2n) is 8.78. The molecule has 0 aliphatic rings. The third-order valence-electron chi connectivity index (χ3n) is 5.99. The molecule has 0 spiro atoms. The van der Waals surface area contributed by atoms with Crippen LogP contribution in [0.25, 0.3) is 0 Å². The van der Waals surface area contributed by atoms with Crippen molar-refractivity contribution < 1.29 is 0 Å². The first-order valence-electron chi connectivity index (χ1n) is 12.4. The predicted octanol–water partition coefficient (Wildman–Crippen LogP) is 8.63. The summed E-state index contributed by atoms with van der Waals surface area (Å²) in [4.78, 5) is -0.905. The average molecular weight is 500 g/mol. The molecule has 0 heterocycles. The van der Waals surface area contributed by atoms with E-state index in [0.717, 1.165) is 0 Å². The van der Waals surface area contributed by atoms with Gasteiger partial charge in [0.15, 0.2) is 0 Å². The Morgan fingerprint density at radius 3 is 0.885 bits per heavy atom. The Morgan fingerprint density at radius 2 is 0.615 bits per heavy atom. The molecule has 0 N–H and O–H groups in total. The van der Waals surface area contributed by atoms with Crippen molar-refractivity contribution in [3.63, 3.8) is 0 Å². The molecule has 0 aliphatic heterocycles. The van der Waals surface area contributed by atoms with Gasteiger partial charge in [0.1, 0.15) is 0 Å². The Kier molecular flexibility index (Phi) is 21.9. The van der Waals surface area contributed by atoms with Gasteiger partial charge in [0, 0.05) is 0 Å². The van der Waals surface area contributed by atoms with Gasteiger partial charge in [-0.25, -0.2) is 0 Å². The summed E-state index contributed by atoms with van der Waals surface area (Å²) in [5, 5.41) is 0. The molecule has 0 unspecified atom stereocenters. The number of hydrogen-bond donors (Lipinski definition) is 0. The normalized spacial score (nSPS) is 12.6. The SMILES string of the molecule is CCCCCCCC[PH]([TeH])(CCCCCCCC)CCCCCCCC. The molecule has 0 saturated heterocycles. The Labute approximate surface area is 181 Å². The van der Waals surface area contributed by atoms with Crippen LogP contribution in [0, 0.1) is 0 Å². The molecular formula is C24H53PTe. The van der Waals surface area contributed by atoms with Crippen LogP contribution in [0.4, 0.5) is 0 Å². The third-order valence-corrected chi connectivity index (χ3v) is 15.6. The quantitative estimate of drug-likeness (QED) is 0.0841. The minimum absolute atomic E-state index is 0.905. The fourth-order valence-corrected chi connectivity index (χ4v) is 11.6. The van der Waals surface area contributed by atoms with Crippen LogP contribution in [0.5, 0.6) is 0 Å². The summed E-state index contributed by atoms with van der Waals surface area (Å²) in [6, 6.07) is 0. The van der Waals surface area contributed by atoms with Crippen molar-refractivity contribution in [2.75, 3.05) is 18.5 Å². The fourth-order valence-electron chi connectivity index (χ4n) is 4.08. The van der Waals surface area contributed by atoms with Crippen molar-refractivity contribution >= 4 is 26.7 Å². The molecule has 0 fully saturated rings. The molecule has 0 aromatic rings. The summed E-state index contributed by atoms with van der Waals surface area (Å²) in [7, 11) is 0. The standard InChI is InChI=1S/C24H53PTe/c1-4-7-10-13-16-19-22-25(26,23-20-17-14-11-8-5-2)24-21-18-15-12-9-6-3/h25-26H,4-24H2,1-3H3. The molecule has 0 nitrogen and oxygen atoms in total. The molecule has 2 heteroatoms. The summed E-state index contributed by atoms with van der Waals surface area (Å²) in [6.07, 6.45) is 31.6. The van der Waals surface area contributed by atoms with Gasteiger partial charge < -0.3 is 0 Å². The summed E-state index contributed by atoms with van der Waals surface area (Å²) in [5.41, 5.74) is 0. The van der Waals surface area contributed by atoms with Gasteiger partial charge in [0.05, 0.1) is 0 Å². The molecule has 0 radical (unpaired) electrons. The summed E-state index contributed by atoms with van der Waals surface area (Å²) < 4.78 is 0. The molecule has 0 rings (SSSR count). The van der Waals surface area contributed by atoms with Gasteiger partial charge in [-0.05, 0) is 0 Å². The Bertz CT molecular complexity index is 226. The van der Waals surface area contributed by atoms with Crippen LogP contribution in [-0.2, 0) is 0 Å². The number of hydrogen-bond acceptors (Lipinski definition) is 0. The molecule has 0 atom stereocenters. The van der Waals surface area contributed by atoms with Gasteiger partial charge in [-0.2, -0.15) is 0 Å². The van der Waals surface area contributed by atoms with Crippen LogP contribution in [0.15, 0.2) is 0 Å². The zero-order valence-corrected chi connectivity index (χ0v) is 22.3. The van der Waals surface area contributed by atoms with E-state index >= 15 is 0 Å². The van der Waals surface area contributed by atoms with Gasteiger partial charge in [-0.3, -0.25) is 0 Å². The van der Waals surface area contributed by atoms with E-state index in [0.29, 0.717) is 0 Å². The molecule has 26 heavy (non-hydrogen) atoms. The summed E-state index contributed by atoms with van der Waals surface area (Å²) >= 11 is 2.33. The third kappa shape index (κ3) is 18.6. The Balaban J connectivity index is 4.02. The summed E-state index contributed by atoms with van der Waals surface area (Å²) in [6.45, 7) is 6.98. The molecule has 0 saturated carbocycles. The van der Waals surface area contributed by atoms with Crippen LogP contribution in [0.3, 0.4) is 0 Å². The molecule has 0 bridgehead atoms. The maximum atomic E-state index is 2.33. The second-order valence-corrected chi connectivity index (χ2v) is 20.8. The monoisotopic (exact) mass is 502 g/mol. The topological polar surface area (TPSA) is 0 Å². The van der Waals surface area contributed by atoms with E-state index in [2.05, 4.69) is 42.5 Å². The van der Waals surface area contributed by atoms with E-state index in [9.17, 15) is 0 Å². The first-order chi connectivity index (χ1) is 12.7. The molecule has 0 amide bonds. The molecular weight excluding hydrogens is 447 g/mol. The van der Waals surface area contributed by atoms with Gasteiger partial charge >= 0.3 is 182 Å². The van der Waals surface area contributed by atoms with Crippen LogP contribution >= 0.6 is 4.95 Å². The average Bonchev–Trinajstić information content (AvgIpc) is 2.64. The Morgan fingerprint density at radius 1 is 0.385 bits per heavy atom. The van der Waals surface area contributed by atoms with E-state index in [1.165, 1.54) is 96.3 Å². The molecule has 0 aromatic carbocycles. The van der Waals surface area contributed by atoms with Gasteiger partial charge in [-0.15, -0.1) is 0 Å². The van der Waals surface area contributed by atoms with E-state index in [-0.39, 0.29) is 0 Å². The van der Waals surface area contributed by atoms with Crippen molar-refractivity contribution in [2.45, 2.75) is 136 Å². The number of rotatable bonds is 21. The van der Waals surface area contributed by atoms with E-state index < -0.39 is 4.95 Å². The van der Waals surface area contributed by atoms with E-state index in [1.807, 2.05) is 0 Å². The summed E-state index contributed by atoms with van der Waals surface area (Å²) in [5.74, 6) is 0. The van der Waals surface area contributed by atoms with Crippen molar-refractivity contribution in [1.29, 1.82) is 0 Å². The Hall–Kier alpha value is 1.22. The van der Waals surface area contributed by atoms with Gasteiger partial charge in [-0.1, -0.05) is 0 Å². The van der Waals surface area contributed by atoms with Crippen molar-refractivity contribution in [3.05, 3.63) is 0 Å². The van der Waals surface area contributed by atoms with E-state index in [4.69, 9.17) is 0 Å². The minimum atomic E-state index is -0.905. The molecule has 0 aromatic heterocycles. The first-order valence-corrected chi connectivity index (χ1v) is 18.8.